The molecule has 2 N–H and O–H groups in total. The number of para-hydroxylation sites is 2. The van der Waals surface area contributed by atoms with Crippen LogP contribution < -0.4 is 24.8 Å². The summed E-state index contributed by atoms with van der Waals surface area (Å²) in [4.78, 5) is 24.8. The Hall–Kier alpha value is -4.21. The van der Waals surface area contributed by atoms with Crippen LogP contribution in [-0.4, -0.2) is 24.7 Å². The average Bonchev–Trinajstić information content (AvgIpc) is 3.07. The molecule has 3 aromatic rings. The van der Waals surface area contributed by atoms with Gasteiger partial charge in [0.25, 0.3) is 11.8 Å². The molecule has 0 unspecified atom stereocenters. The van der Waals surface area contributed by atoms with Gasteiger partial charge in [-0.2, -0.15) is 0 Å². The Morgan fingerprint density at radius 1 is 0.906 bits per heavy atom. The summed E-state index contributed by atoms with van der Waals surface area (Å²) in [5, 5.41) is 4.91. The molecule has 0 bridgehead atoms. The van der Waals surface area contributed by atoms with E-state index in [1.54, 1.807) is 18.2 Å². The lowest BCUT2D eigenvalue weighted by molar-refractivity contribution is -0.286. The van der Waals surface area contributed by atoms with Crippen molar-refractivity contribution in [3.8, 4) is 17.2 Å². The standard InChI is InChI=1S/C22H15F3N2O5/c23-15-6-2-3-7-16(15)27-20(28)12-30-17-8-4-1-5-14(17)21(29)26-13-9-10-18-19(11-13)32-22(24,25)31-18/h1-11H,12H2,(H,26,29)(H,27,28). The maximum atomic E-state index is 13.6. The molecule has 0 spiro atoms. The molecule has 164 valence electrons. The highest BCUT2D eigenvalue weighted by atomic mass is 19.3. The molecule has 4 rings (SSSR count). The van der Waals surface area contributed by atoms with E-state index in [0.29, 0.717) is 0 Å². The lowest BCUT2D eigenvalue weighted by Gasteiger charge is -2.12. The first-order valence-electron chi connectivity index (χ1n) is 9.28. The highest BCUT2D eigenvalue weighted by Crippen LogP contribution is 2.42. The summed E-state index contributed by atoms with van der Waals surface area (Å²) >= 11 is 0. The number of fused-ring (bicyclic) bond motifs is 1. The van der Waals surface area contributed by atoms with E-state index >= 15 is 0 Å². The van der Waals surface area contributed by atoms with Crippen LogP contribution in [0.15, 0.2) is 66.7 Å². The Morgan fingerprint density at radius 3 is 2.44 bits per heavy atom. The van der Waals surface area contributed by atoms with Gasteiger partial charge < -0.3 is 24.8 Å². The minimum absolute atomic E-state index is 0.000476. The van der Waals surface area contributed by atoms with Crippen molar-refractivity contribution < 1.29 is 37.0 Å². The monoisotopic (exact) mass is 444 g/mol. The van der Waals surface area contributed by atoms with Crippen LogP contribution in [0.3, 0.4) is 0 Å². The number of benzene rings is 3. The van der Waals surface area contributed by atoms with Gasteiger partial charge in [-0.05, 0) is 36.4 Å². The zero-order valence-corrected chi connectivity index (χ0v) is 16.2. The van der Waals surface area contributed by atoms with Gasteiger partial charge in [0, 0.05) is 11.8 Å². The molecule has 2 amide bonds. The van der Waals surface area contributed by atoms with E-state index in [0.717, 1.165) is 0 Å². The Balaban J connectivity index is 1.41. The molecule has 10 heteroatoms. The molecule has 1 heterocycles. The predicted octanol–water partition coefficient (Wildman–Crippen LogP) is 4.42. The van der Waals surface area contributed by atoms with Crippen molar-refractivity contribution in [1.82, 2.24) is 0 Å². The SMILES string of the molecule is O=C(COc1ccccc1C(=O)Nc1ccc2c(c1)OC(F)(F)O2)Nc1ccccc1F. The van der Waals surface area contributed by atoms with Gasteiger partial charge in [0.15, 0.2) is 18.1 Å². The molecule has 0 saturated carbocycles. The first-order valence-corrected chi connectivity index (χ1v) is 9.28. The van der Waals surface area contributed by atoms with E-state index in [-0.39, 0.29) is 34.2 Å². The van der Waals surface area contributed by atoms with Crippen LogP contribution in [0.1, 0.15) is 10.4 Å². The number of nitrogens with one attached hydrogen (secondary N) is 2. The van der Waals surface area contributed by atoms with Gasteiger partial charge in [0.05, 0.1) is 11.3 Å². The Morgan fingerprint density at radius 2 is 1.62 bits per heavy atom. The van der Waals surface area contributed by atoms with Gasteiger partial charge >= 0.3 is 6.29 Å². The highest BCUT2D eigenvalue weighted by molar-refractivity contribution is 6.06. The third-order valence-corrected chi connectivity index (χ3v) is 4.30. The van der Waals surface area contributed by atoms with E-state index in [1.165, 1.54) is 48.5 Å². The van der Waals surface area contributed by atoms with Crippen LogP contribution in [0.4, 0.5) is 24.5 Å². The van der Waals surface area contributed by atoms with Crippen LogP contribution in [0.25, 0.3) is 0 Å². The van der Waals surface area contributed by atoms with Crippen molar-refractivity contribution >= 4 is 23.2 Å². The Kier molecular flexibility index (Phi) is 5.59. The van der Waals surface area contributed by atoms with Crippen molar-refractivity contribution in [1.29, 1.82) is 0 Å². The highest BCUT2D eigenvalue weighted by Gasteiger charge is 2.43. The molecule has 0 aliphatic carbocycles. The zero-order chi connectivity index (χ0) is 22.7. The van der Waals surface area contributed by atoms with E-state index < -0.39 is 30.5 Å². The number of carbonyl (C=O) groups is 2. The number of anilines is 2. The smallest absolute Gasteiger partial charge is 0.483 e. The van der Waals surface area contributed by atoms with Crippen molar-refractivity contribution in [2.45, 2.75) is 6.29 Å². The van der Waals surface area contributed by atoms with Gasteiger partial charge in [-0.1, -0.05) is 24.3 Å². The molecule has 0 aromatic heterocycles. The topological polar surface area (TPSA) is 85.9 Å². The van der Waals surface area contributed by atoms with Gasteiger partial charge in [-0.3, -0.25) is 9.59 Å². The molecule has 0 fully saturated rings. The van der Waals surface area contributed by atoms with Crippen molar-refractivity contribution in [3.05, 3.63) is 78.1 Å². The van der Waals surface area contributed by atoms with Crippen LogP contribution in [0.5, 0.6) is 17.2 Å². The molecule has 7 nitrogen and oxygen atoms in total. The molecule has 0 saturated heterocycles. The molecule has 1 aliphatic heterocycles. The van der Waals surface area contributed by atoms with Crippen LogP contribution in [-0.2, 0) is 4.79 Å². The van der Waals surface area contributed by atoms with Crippen molar-refractivity contribution in [2.75, 3.05) is 17.2 Å². The molecule has 3 aromatic carbocycles. The summed E-state index contributed by atoms with van der Waals surface area (Å²) in [5.74, 6) is -2.11. The molecule has 32 heavy (non-hydrogen) atoms. The summed E-state index contributed by atoms with van der Waals surface area (Å²) in [6.07, 6.45) is -3.77. The Bertz CT molecular complexity index is 1190. The number of rotatable bonds is 6. The quantitative estimate of drug-likeness (QED) is 0.588. The van der Waals surface area contributed by atoms with Gasteiger partial charge in [-0.15, -0.1) is 8.78 Å². The van der Waals surface area contributed by atoms with Gasteiger partial charge in [0.2, 0.25) is 0 Å². The third kappa shape index (κ3) is 4.75. The number of hydrogen-bond acceptors (Lipinski definition) is 5. The lowest BCUT2D eigenvalue weighted by Crippen LogP contribution is -2.25. The summed E-state index contributed by atoms with van der Waals surface area (Å²) in [5.41, 5.74) is 0.275. The maximum Gasteiger partial charge on any atom is 0.586 e. The number of carbonyl (C=O) groups excluding carboxylic acids is 2. The fourth-order valence-corrected chi connectivity index (χ4v) is 2.90. The number of halogens is 3. The van der Waals surface area contributed by atoms with E-state index in [2.05, 4.69) is 20.1 Å². The molecule has 0 radical (unpaired) electrons. The van der Waals surface area contributed by atoms with Crippen LogP contribution in [0.2, 0.25) is 0 Å². The minimum Gasteiger partial charge on any atom is -0.483 e. The number of ether oxygens (including phenoxy) is 3. The number of amides is 2. The fourth-order valence-electron chi connectivity index (χ4n) is 2.90. The second kappa shape index (κ2) is 8.50. The third-order valence-electron chi connectivity index (χ3n) is 4.30. The first kappa shape index (κ1) is 21.0. The van der Waals surface area contributed by atoms with E-state index in [1.807, 2.05) is 0 Å². The fraction of sp³-hybridized carbons (Fsp3) is 0.0909. The van der Waals surface area contributed by atoms with E-state index in [9.17, 15) is 22.8 Å². The first-order chi connectivity index (χ1) is 15.3. The molecular formula is C22H15F3N2O5. The summed E-state index contributed by atoms with van der Waals surface area (Å²) < 4.78 is 54.1. The van der Waals surface area contributed by atoms with E-state index in [4.69, 9.17) is 4.74 Å². The number of hydrogen-bond donors (Lipinski definition) is 2. The van der Waals surface area contributed by atoms with Crippen LogP contribution >= 0.6 is 0 Å². The average molecular weight is 444 g/mol. The zero-order valence-electron chi connectivity index (χ0n) is 16.2. The summed E-state index contributed by atoms with van der Waals surface area (Å²) in [7, 11) is 0. The number of alkyl halides is 2. The Labute approximate surface area is 179 Å². The van der Waals surface area contributed by atoms with Crippen molar-refractivity contribution in [3.63, 3.8) is 0 Å². The van der Waals surface area contributed by atoms with Crippen molar-refractivity contribution in [2.24, 2.45) is 0 Å². The van der Waals surface area contributed by atoms with Gasteiger partial charge in [-0.25, -0.2) is 4.39 Å². The minimum atomic E-state index is -3.77. The molecule has 0 atom stereocenters. The maximum absolute atomic E-state index is 13.6. The van der Waals surface area contributed by atoms with Gasteiger partial charge in [0.1, 0.15) is 11.6 Å². The molecular weight excluding hydrogens is 429 g/mol. The summed E-state index contributed by atoms with van der Waals surface area (Å²) in [6.45, 7) is -0.474. The summed E-state index contributed by atoms with van der Waals surface area (Å²) in [6, 6.07) is 15.6. The molecule has 1 aliphatic rings. The second-order valence-corrected chi connectivity index (χ2v) is 6.60. The van der Waals surface area contributed by atoms with Crippen LogP contribution in [0, 0.1) is 5.82 Å². The normalized spacial score (nSPS) is 13.3. The predicted molar refractivity (Wildman–Crippen MR) is 108 cm³/mol. The lowest BCUT2D eigenvalue weighted by atomic mass is 10.1. The largest absolute Gasteiger partial charge is 0.586 e. The second-order valence-electron chi connectivity index (χ2n) is 6.60.